The minimum Gasteiger partial charge on any atom is -0.400 e. The molecule has 5 heterocycles. The van der Waals surface area contributed by atoms with E-state index in [0.29, 0.717) is 29.7 Å². The highest BCUT2D eigenvalue weighted by molar-refractivity contribution is 7.16. The van der Waals surface area contributed by atoms with E-state index in [2.05, 4.69) is 34.7 Å². The molecular formula is C27H24N6O6S2. The Labute approximate surface area is 241 Å². The van der Waals surface area contributed by atoms with Gasteiger partial charge in [0.2, 0.25) is 5.96 Å². The molecule has 0 saturated carbocycles. The molecule has 0 spiro atoms. The van der Waals surface area contributed by atoms with Crippen LogP contribution in [-0.4, -0.2) is 34.6 Å². The van der Waals surface area contributed by atoms with E-state index in [1.165, 1.54) is 34.8 Å². The molecule has 41 heavy (non-hydrogen) atoms. The molecule has 0 saturated heterocycles. The Hall–Kier alpha value is -4.82. The molecule has 5 rings (SSSR count). The maximum Gasteiger partial charge on any atom is 0.433 e. The summed E-state index contributed by atoms with van der Waals surface area (Å²) in [5.74, 6) is 0.828. The highest BCUT2D eigenvalue weighted by Gasteiger charge is 2.22. The van der Waals surface area contributed by atoms with E-state index in [0.717, 1.165) is 26.1 Å². The first-order chi connectivity index (χ1) is 19.6. The topological polar surface area (TPSA) is 161 Å². The predicted octanol–water partition coefficient (Wildman–Crippen LogP) is 6.80. The van der Waals surface area contributed by atoms with E-state index in [1.807, 2.05) is 48.6 Å². The Kier molecular flexibility index (Phi) is 7.94. The number of hydrogen-bond donors (Lipinski definition) is 2. The molecule has 0 amide bonds. The van der Waals surface area contributed by atoms with Gasteiger partial charge in [-0.2, -0.15) is 5.10 Å². The number of aliphatic imine (C=N–C) groups is 1. The van der Waals surface area contributed by atoms with Crippen molar-refractivity contribution < 1.29 is 18.7 Å². The fourth-order valence-corrected chi connectivity index (χ4v) is 5.40. The van der Waals surface area contributed by atoms with Crippen molar-refractivity contribution in [1.29, 1.82) is 0 Å². The fourth-order valence-electron chi connectivity index (χ4n) is 3.65. The van der Waals surface area contributed by atoms with Crippen molar-refractivity contribution in [1.82, 2.24) is 10.7 Å². The van der Waals surface area contributed by atoms with Crippen LogP contribution in [-0.2, 0) is 0 Å². The molecule has 0 atom stereocenters. The normalized spacial score (nSPS) is 14.6. The van der Waals surface area contributed by atoms with Crippen molar-refractivity contribution in [3.8, 4) is 21.3 Å². The second kappa shape index (κ2) is 11.7. The highest BCUT2D eigenvalue weighted by atomic mass is 32.1. The smallest absolute Gasteiger partial charge is 0.400 e. The molecule has 14 heteroatoms. The van der Waals surface area contributed by atoms with E-state index in [-0.39, 0.29) is 17.2 Å². The van der Waals surface area contributed by atoms with Gasteiger partial charge in [-0.1, -0.05) is 13.8 Å². The minimum absolute atomic E-state index is 0.0636. The zero-order valence-corrected chi connectivity index (χ0v) is 23.5. The summed E-state index contributed by atoms with van der Waals surface area (Å²) in [6, 6.07) is 13.3. The van der Waals surface area contributed by atoms with Gasteiger partial charge in [0.25, 0.3) is 0 Å². The van der Waals surface area contributed by atoms with Gasteiger partial charge in [0.15, 0.2) is 11.5 Å². The number of nitrogens with zero attached hydrogens (tertiary/aromatic N) is 4. The first kappa shape index (κ1) is 27.7. The first-order valence-corrected chi connectivity index (χ1v) is 14.0. The van der Waals surface area contributed by atoms with Crippen LogP contribution in [0.25, 0.3) is 33.4 Å². The second-order valence-corrected chi connectivity index (χ2v) is 11.9. The average Bonchev–Trinajstić information content (AvgIpc) is 3.74. The summed E-state index contributed by atoms with van der Waals surface area (Å²) in [6.45, 7) is 5.70. The van der Waals surface area contributed by atoms with Crippen LogP contribution < -0.4 is 10.7 Å². The zero-order valence-electron chi connectivity index (χ0n) is 21.9. The van der Waals surface area contributed by atoms with Crippen LogP contribution in [0.2, 0.25) is 0 Å². The van der Waals surface area contributed by atoms with Gasteiger partial charge in [0.05, 0.1) is 27.6 Å². The molecule has 4 aromatic heterocycles. The summed E-state index contributed by atoms with van der Waals surface area (Å²) < 4.78 is 10.6. The number of nitro groups is 2. The van der Waals surface area contributed by atoms with Crippen LogP contribution in [0.3, 0.4) is 0 Å². The van der Waals surface area contributed by atoms with Crippen LogP contribution in [0.5, 0.6) is 0 Å². The molecule has 1 aliphatic rings. The van der Waals surface area contributed by atoms with E-state index >= 15 is 0 Å². The number of rotatable bonds is 9. The summed E-state index contributed by atoms with van der Waals surface area (Å²) >= 11 is 2.85. The third-order valence-corrected chi connectivity index (χ3v) is 7.94. The molecule has 12 nitrogen and oxygen atoms in total. The van der Waals surface area contributed by atoms with Gasteiger partial charge in [-0.05, 0) is 60.7 Å². The number of hydrogen-bond acceptors (Lipinski definition) is 12. The molecular weight excluding hydrogens is 568 g/mol. The van der Waals surface area contributed by atoms with Gasteiger partial charge < -0.3 is 14.2 Å². The summed E-state index contributed by atoms with van der Waals surface area (Å²) in [5, 5.41) is 29.6. The highest BCUT2D eigenvalue weighted by Crippen LogP contribution is 2.33. The van der Waals surface area contributed by atoms with Crippen molar-refractivity contribution >= 4 is 58.3 Å². The quantitative estimate of drug-likeness (QED) is 0.122. The van der Waals surface area contributed by atoms with Gasteiger partial charge in [0, 0.05) is 28.3 Å². The predicted molar refractivity (Wildman–Crippen MR) is 160 cm³/mol. The molecule has 0 bridgehead atoms. The van der Waals surface area contributed by atoms with Crippen molar-refractivity contribution in [3.63, 3.8) is 0 Å². The van der Waals surface area contributed by atoms with Gasteiger partial charge in [0.1, 0.15) is 9.85 Å². The Morgan fingerprint density at radius 2 is 1.46 bits per heavy atom. The van der Waals surface area contributed by atoms with Crippen molar-refractivity contribution in [3.05, 3.63) is 90.7 Å². The fraction of sp³-hybridized carbons (Fsp3) is 0.185. The molecule has 0 aromatic carbocycles. The first-order valence-electron chi connectivity index (χ1n) is 12.3. The standard InChI is InChI=1S/C27H24N6O6S2/c1-27(2)15-28-26(29-16-27)31-30-17(3-5-18-7-11-22(40-18)20-9-13-24(38-20)32(34)35)4-6-19-8-12-23(41-19)21-10-14-25(39-21)33(36)37/h3-14H,15-16H2,1-2H3,(H2,28,29,31)/b5-3+,6-4+. The lowest BCUT2D eigenvalue weighted by Crippen LogP contribution is -2.46. The van der Waals surface area contributed by atoms with Crippen LogP contribution in [0, 0.1) is 25.6 Å². The number of allylic oxidation sites excluding steroid dienone is 2. The van der Waals surface area contributed by atoms with Gasteiger partial charge in [-0.25, -0.2) is 5.43 Å². The number of nitrogens with one attached hydrogen (secondary N) is 2. The Bertz CT molecular complexity index is 1600. The number of thiophene rings is 2. The SMILES string of the molecule is CC1(C)CN=C(NN=C(/C=C/c2ccc(-c3ccc([N+](=O)[O-])o3)s2)/C=C/c2ccc(-c3ccc([N+](=O)[O-])o3)s2)NC1. The molecule has 0 fully saturated rings. The monoisotopic (exact) mass is 592 g/mol. The maximum atomic E-state index is 10.9. The number of furan rings is 2. The average molecular weight is 593 g/mol. The second-order valence-electron chi connectivity index (χ2n) is 9.69. The van der Waals surface area contributed by atoms with Gasteiger partial charge >= 0.3 is 11.8 Å². The van der Waals surface area contributed by atoms with Crippen LogP contribution >= 0.6 is 22.7 Å². The van der Waals surface area contributed by atoms with Crippen molar-refractivity contribution in [2.24, 2.45) is 15.5 Å². The molecule has 0 radical (unpaired) electrons. The summed E-state index contributed by atoms with van der Waals surface area (Å²) in [7, 11) is 0. The van der Waals surface area contributed by atoms with Crippen molar-refractivity contribution in [2.45, 2.75) is 13.8 Å². The lowest BCUT2D eigenvalue weighted by molar-refractivity contribution is -0.402. The number of hydrazone groups is 1. The molecule has 0 unspecified atom stereocenters. The van der Waals surface area contributed by atoms with Crippen molar-refractivity contribution in [2.75, 3.05) is 13.1 Å². The van der Waals surface area contributed by atoms with Gasteiger partial charge in [-0.15, -0.1) is 22.7 Å². The molecule has 210 valence electrons. The van der Waals surface area contributed by atoms with E-state index in [9.17, 15) is 20.2 Å². The third kappa shape index (κ3) is 7.04. The minimum atomic E-state index is -0.568. The van der Waals surface area contributed by atoms with Crippen LogP contribution in [0.1, 0.15) is 23.6 Å². The zero-order chi connectivity index (χ0) is 29.0. The molecule has 0 aliphatic carbocycles. The third-order valence-electron chi connectivity index (χ3n) is 5.81. The Balaban J connectivity index is 1.34. The Morgan fingerprint density at radius 1 is 0.927 bits per heavy atom. The van der Waals surface area contributed by atoms with Crippen LogP contribution in [0.15, 0.2) is 79.6 Å². The van der Waals surface area contributed by atoms with Gasteiger partial charge in [-0.3, -0.25) is 25.2 Å². The Morgan fingerprint density at radius 3 is 1.90 bits per heavy atom. The van der Waals surface area contributed by atoms with E-state index < -0.39 is 9.85 Å². The summed E-state index contributed by atoms with van der Waals surface area (Å²) in [6.07, 6.45) is 7.44. The number of guanidine groups is 1. The summed E-state index contributed by atoms with van der Waals surface area (Å²) in [5.41, 5.74) is 3.66. The van der Waals surface area contributed by atoms with E-state index in [4.69, 9.17) is 8.83 Å². The lowest BCUT2D eigenvalue weighted by Gasteiger charge is -2.28. The van der Waals surface area contributed by atoms with E-state index in [1.54, 1.807) is 12.1 Å². The lowest BCUT2D eigenvalue weighted by atomic mass is 9.93. The largest absolute Gasteiger partial charge is 0.433 e. The molecule has 1 aliphatic heterocycles. The maximum absolute atomic E-state index is 10.9. The summed E-state index contributed by atoms with van der Waals surface area (Å²) in [4.78, 5) is 28.6. The van der Waals surface area contributed by atoms with Crippen LogP contribution in [0.4, 0.5) is 11.8 Å². The molecule has 2 N–H and O–H groups in total. The molecule has 4 aromatic rings.